The first-order chi connectivity index (χ1) is 10.4. The van der Waals surface area contributed by atoms with E-state index >= 15 is 0 Å². The van der Waals surface area contributed by atoms with E-state index in [1.807, 2.05) is 0 Å². The van der Waals surface area contributed by atoms with E-state index in [0.717, 1.165) is 25.5 Å². The van der Waals surface area contributed by atoms with E-state index in [1.54, 1.807) is 0 Å². The summed E-state index contributed by atoms with van der Waals surface area (Å²) in [5.41, 5.74) is 0.392. The number of rotatable bonds is 9. The zero-order chi connectivity index (χ0) is 16.5. The molecular formula is C16H24F2N2O2. The fourth-order valence-electron chi connectivity index (χ4n) is 2.22. The summed E-state index contributed by atoms with van der Waals surface area (Å²) in [6.07, 6.45) is 1.35. The van der Waals surface area contributed by atoms with E-state index in [1.165, 1.54) is 19.1 Å². The van der Waals surface area contributed by atoms with Crippen molar-refractivity contribution in [2.24, 2.45) is 0 Å². The van der Waals surface area contributed by atoms with E-state index in [4.69, 9.17) is 0 Å². The number of nitrogens with one attached hydrogen (secondary N) is 2. The van der Waals surface area contributed by atoms with Crippen LogP contribution in [-0.4, -0.2) is 36.2 Å². The summed E-state index contributed by atoms with van der Waals surface area (Å²) in [5.74, 6) is -1.64. The molecule has 0 saturated heterocycles. The first-order valence-electron chi connectivity index (χ1n) is 7.53. The zero-order valence-electron chi connectivity index (χ0n) is 13.0. The number of carbonyl (C=O) groups is 1. The Morgan fingerprint density at radius 2 is 1.91 bits per heavy atom. The standard InChI is InChI=1S/C16H24F2N2O2/c1-3-4-5-19-10-16(22)15(20-11(2)21)8-12-6-13(17)9-14(18)7-12/h6-7,9,15-16,19,22H,3-5,8,10H2,1-2H3,(H,20,21)/t15-,16+/m0/s1. The Bertz CT molecular complexity index is 463. The average molecular weight is 314 g/mol. The van der Waals surface area contributed by atoms with Crippen molar-refractivity contribution in [1.29, 1.82) is 0 Å². The third kappa shape index (κ3) is 6.95. The van der Waals surface area contributed by atoms with Crippen molar-refractivity contribution in [3.05, 3.63) is 35.4 Å². The van der Waals surface area contributed by atoms with Gasteiger partial charge in [-0.15, -0.1) is 0 Å². The Kier molecular flexibility index (Phi) is 7.98. The minimum Gasteiger partial charge on any atom is -0.390 e. The van der Waals surface area contributed by atoms with Crippen molar-refractivity contribution in [2.45, 2.75) is 45.3 Å². The molecule has 4 nitrogen and oxygen atoms in total. The lowest BCUT2D eigenvalue weighted by molar-refractivity contribution is -0.120. The molecule has 1 rings (SSSR count). The molecule has 1 aromatic carbocycles. The fourth-order valence-corrected chi connectivity index (χ4v) is 2.22. The number of hydrogen-bond acceptors (Lipinski definition) is 3. The van der Waals surface area contributed by atoms with Crippen LogP contribution >= 0.6 is 0 Å². The van der Waals surface area contributed by atoms with Crippen LogP contribution in [-0.2, 0) is 11.2 Å². The molecule has 0 unspecified atom stereocenters. The molecule has 2 atom stereocenters. The Labute approximate surface area is 129 Å². The SMILES string of the molecule is CCCCNC[C@@H](O)[C@H](Cc1cc(F)cc(F)c1)NC(C)=O. The number of carbonyl (C=O) groups excluding carboxylic acids is 1. The smallest absolute Gasteiger partial charge is 0.217 e. The van der Waals surface area contributed by atoms with Crippen LogP contribution in [0.5, 0.6) is 0 Å². The molecule has 0 aliphatic heterocycles. The molecule has 0 spiro atoms. The lowest BCUT2D eigenvalue weighted by atomic mass is 10.0. The summed E-state index contributed by atoms with van der Waals surface area (Å²) in [6, 6.07) is 2.59. The van der Waals surface area contributed by atoms with Crippen molar-refractivity contribution in [1.82, 2.24) is 10.6 Å². The van der Waals surface area contributed by atoms with Crippen molar-refractivity contribution in [2.75, 3.05) is 13.1 Å². The van der Waals surface area contributed by atoms with Gasteiger partial charge in [-0.05, 0) is 37.1 Å². The van der Waals surface area contributed by atoms with Crippen LogP contribution in [0.1, 0.15) is 32.3 Å². The van der Waals surface area contributed by atoms with Gasteiger partial charge in [0, 0.05) is 19.5 Å². The van der Waals surface area contributed by atoms with Gasteiger partial charge in [0.1, 0.15) is 11.6 Å². The summed E-state index contributed by atoms with van der Waals surface area (Å²) >= 11 is 0. The number of halogens is 2. The van der Waals surface area contributed by atoms with Crippen LogP contribution in [0.3, 0.4) is 0 Å². The average Bonchev–Trinajstić information content (AvgIpc) is 2.41. The molecule has 0 bridgehead atoms. The molecule has 0 aromatic heterocycles. The van der Waals surface area contributed by atoms with Crippen molar-refractivity contribution in [3.63, 3.8) is 0 Å². The molecule has 1 amide bonds. The highest BCUT2D eigenvalue weighted by atomic mass is 19.1. The van der Waals surface area contributed by atoms with Crippen molar-refractivity contribution >= 4 is 5.91 Å². The summed E-state index contributed by atoms with van der Waals surface area (Å²) in [7, 11) is 0. The zero-order valence-corrected chi connectivity index (χ0v) is 13.0. The molecule has 124 valence electrons. The van der Waals surface area contributed by atoms with Crippen LogP contribution in [0.15, 0.2) is 18.2 Å². The third-order valence-corrected chi connectivity index (χ3v) is 3.29. The highest BCUT2D eigenvalue weighted by Crippen LogP contribution is 2.12. The summed E-state index contributed by atoms with van der Waals surface area (Å²) in [5, 5.41) is 15.9. The van der Waals surface area contributed by atoms with Crippen LogP contribution < -0.4 is 10.6 Å². The highest BCUT2D eigenvalue weighted by molar-refractivity contribution is 5.73. The number of aliphatic hydroxyl groups excluding tert-OH is 1. The normalized spacial score (nSPS) is 13.7. The van der Waals surface area contributed by atoms with Gasteiger partial charge in [0.2, 0.25) is 5.91 Å². The molecule has 1 aromatic rings. The van der Waals surface area contributed by atoms with Crippen LogP contribution in [0.4, 0.5) is 8.78 Å². The lowest BCUT2D eigenvalue weighted by Gasteiger charge is -2.24. The Morgan fingerprint density at radius 3 is 2.45 bits per heavy atom. The predicted molar refractivity (Wildman–Crippen MR) is 81.5 cm³/mol. The van der Waals surface area contributed by atoms with Crippen LogP contribution in [0, 0.1) is 11.6 Å². The third-order valence-electron chi connectivity index (χ3n) is 3.29. The van der Waals surface area contributed by atoms with Gasteiger partial charge in [0.25, 0.3) is 0 Å². The molecule has 0 saturated carbocycles. The molecule has 0 radical (unpaired) electrons. The molecule has 0 fully saturated rings. The Balaban J connectivity index is 2.68. The minimum atomic E-state index is -0.841. The second-order valence-electron chi connectivity index (χ2n) is 5.41. The molecule has 3 N–H and O–H groups in total. The monoisotopic (exact) mass is 314 g/mol. The first kappa shape index (κ1) is 18.5. The maximum Gasteiger partial charge on any atom is 0.217 e. The number of amides is 1. The van der Waals surface area contributed by atoms with Crippen LogP contribution in [0.25, 0.3) is 0 Å². The van der Waals surface area contributed by atoms with Crippen molar-refractivity contribution < 1.29 is 18.7 Å². The lowest BCUT2D eigenvalue weighted by Crippen LogP contribution is -2.48. The number of aliphatic hydroxyl groups is 1. The highest BCUT2D eigenvalue weighted by Gasteiger charge is 2.21. The van der Waals surface area contributed by atoms with Crippen LogP contribution in [0.2, 0.25) is 0 Å². The molecule has 6 heteroatoms. The summed E-state index contributed by atoms with van der Waals surface area (Å²) in [6.45, 7) is 4.49. The number of benzene rings is 1. The minimum absolute atomic E-state index is 0.158. The summed E-state index contributed by atoms with van der Waals surface area (Å²) < 4.78 is 26.5. The van der Waals surface area contributed by atoms with Gasteiger partial charge in [-0.1, -0.05) is 13.3 Å². The molecule has 0 heterocycles. The van der Waals surface area contributed by atoms with E-state index in [0.29, 0.717) is 12.1 Å². The Morgan fingerprint density at radius 1 is 1.27 bits per heavy atom. The van der Waals surface area contributed by atoms with Gasteiger partial charge in [-0.25, -0.2) is 8.78 Å². The Hall–Kier alpha value is -1.53. The predicted octanol–water partition coefficient (Wildman–Crippen LogP) is 1.76. The van der Waals surface area contributed by atoms with Gasteiger partial charge in [0.15, 0.2) is 0 Å². The largest absolute Gasteiger partial charge is 0.390 e. The fraction of sp³-hybridized carbons (Fsp3) is 0.562. The summed E-state index contributed by atoms with van der Waals surface area (Å²) in [4.78, 5) is 11.3. The van der Waals surface area contributed by atoms with Gasteiger partial charge >= 0.3 is 0 Å². The molecule has 0 aliphatic rings. The molecule has 0 aliphatic carbocycles. The second-order valence-corrected chi connectivity index (χ2v) is 5.41. The van der Waals surface area contributed by atoms with Crippen molar-refractivity contribution in [3.8, 4) is 0 Å². The number of hydrogen-bond donors (Lipinski definition) is 3. The first-order valence-corrected chi connectivity index (χ1v) is 7.53. The second kappa shape index (κ2) is 9.48. The van der Waals surface area contributed by atoms with E-state index in [2.05, 4.69) is 17.6 Å². The van der Waals surface area contributed by atoms with Gasteiger partial charge in [-0.3, -0.25) is 4.79 Å². The molecular weight excluding hydrogens is 290 g/mol. The van der Waals surface area contributed by atoms with E-state index in [9.17, 15) is 18.7 Å². The van der Waals surface area contributed by atoms with Gasteiger partial charge in [-0.2, -0.15) is 0 Å². The maximum atomic E-state index is 13.2. The number of unbranched alkanes of at least 4 members (excludes halogenated alkanes) is 1. The maximum absolute atomic E-state index is 13.2. The van der Waals surface area contributed by atoms with E-state index in [-0.39, 0.29) is 12.3 Å². The van der Waals surface area contributed by atoms with Gasteiger partial charge < -0.3 is 15.7 Å². The quantitative estimate of drug-likeness (QED) is 0.609. The topological polar surface area (TPSA) is 61.4 Å². The molecule has 22 heavy (non-hydrogen) atoms. The van der Waals surface area contributed by atoms with E-state index < -0.39 is 23.8 Å². The van der Waals surface area contributed by atoms with Gasteiger partial charge in [0.05, 0.1) is 12.1 Å².